The molecular weight excluding hydrogens is 522 g/mol. The van der Waals surface area contributed by atoms with Gasteiger partial charge in [-0.1, -0.05) is 13.8 Å². The topological polar surface area (TPSA) is 199 Å². The minimum atomic E-state index is -1.05. The summed E-state index contributed by atoms with van der Waals surface area (Å²) in [6.07, 6.45) is 2.99. The van der Waals surface area contributed by atoms with Crippen molar-refractivity contribution in [3.05, 3.63) is 12.2 Å². The molecule has 1 aliphatic heterocycles. The highest BCUT2D eigenvalue weighted by Crippen LogP contribution is 2.42. The highest BCUT2D eigenvalue weighted by molar-refractivity contribution is 5.84. The fourth-order valence-electron chi connectivity index (χ4n) is 5.31. The lowest BCUT2D eigenvalue weighted by Gasteiger charge is -2.27. The molecule has 0 bridgehead atoms. The van der Waals surface area contributed by atoms with Crippen molar-refractivity contribution in [1.82, 2.24) is 39.7 Å². The lowest BCUT2D eigenvalue weighted by atomic mass is 9.92. The molecule has 0 unspecified atom stereocenters. The number of imidazole rings is 1. The monoisotopic (exact) mass is 557 g/mol. The molecule has 0 radical (unpaired) electrons. The number of nitrogens with zero attached hydrogens (tertiary/aromatic N) is 8. The van der Waals surface area contributed by atoms with Gasteiger partial charge in [0.05, 0.1) is 13.4 Å². The van der Waals surface area contributed by atoms with Gasteiger partial charge in [0.25, 0.3) is 12.9 Å². The largest absolute Gasteiger partial charge is 0.457 e. The van der Waals surface area contributed by atoms with Crippen LogP contribution in [0.15, 0.2) is 6.33 Å². The summed E-state index contributed by atoms with van der Waals surface area (Å²) in [7, 11) is 1.60. The van der Waals surface area contributed by atoms with Gasteiger partial charge in [-0.05, 0) is 43.7 Å². The second-order valence-corrected chi connectivity index (χ2v) is 10.1. The Balaban J connectivity index is 1.55. The zero-order valence-corrected chi connectivity index (χ0v) is 22.7. The second kappa shape index (κ2) is 12.1. The fourth-order valence-corrected chi connectivity index (χ4v) is 5.31. The van der Waals surface area contributed by atoms with Crippen LogP contribution in [0, 0.1) is 0 Å². The number of fused-ring (bicyclic) bond motifs is 1. The molecule has 16 heteroatoms. The zero-order valence-electron chi connectivity index (χ0n) is 22.7. The average Bonchev–Trinajstić information content (AvgIpc) is 3.66. The van der Waals surface area contributed by atoms with Crippen LogP contribution in [-0.2, 0) is 30.8 Å². The molecule has 1 saturated carbocycles. The highest BCUT2D eigenvalue weighted by Gasteiger charge is 2.52. The molecule has 4 heterocycles. The molecule has 2 aliphatic rings. The van der Waals surface area contributed by atoms with Crippen LogP contribution in [-0.4, -0.2) is 83.0 Å². The van der Waals surface area contributed by atoms with E-state index in [1.165, 1.54) is 11.1 Å². The van der Waals surface area contributed by atoms with E-state index in [1.54, 1.807) is 11.6 Å². The molecule has 1 aliphatic carbocycles. The number of ether oxygens (including phenoxy) is 3. The van der Waals surface area contributed by atoms with E-state index in [0.717, 1.165) is 38.5 Å². The Bertz CT molecular complexity index is 1300. The summed E-state index contributed by atoms with van der Waals surface area (Å²) in [5, 5.41) is 19.0. The van der Waals surface area contributed by atoms with Gasteiger partial charge in [-0.2, -0.15) is 14.8 Å². The SMILES string of the molecule is CCC(CC)Nc1nc(NC2CCC(N)CC2)nc2c1ncn2[C@@H]1O[C@H](c2nnn(C)n2)[C@H](OC=O)[C@H]1OC=O. The van der Waals surface area contributed by atoms with Crippen molar-refractivity contribution in [1.29, 1.82) is 0 Å². The van der Waals surface area contributed by atoms with E-state index in [-0.39, 0.29) is 36.9 Å². The van der Waals surface area contributed by atoms with Crippen LogP contribution < -0.4 is 16.4 Å². The predicted molar refractivity (Wildman–Crippen MR) is 141 cm³/mol. The lowest BCUT2D eigenvalue weighted by molar-refractivity contribution is -0.151. The van der Waals surface area contributed by atoms with E-state index in [0.29, 0.717) is 22.9 Å². The van der Waals surface area contributed by atoms with Crippen LogP contribution >= 0.6 is 0 Å². The van der Waals surface area contributed by atoms with Crippen LogP contribution in [0.5, 0.6) is 0 Å². The van der Waals surface area contributed by atoms with Gasteiger partial charge in [-0.25, -0.2) is 4.98 Å². The maximum atomic E-state index is 11.5. The molecule has 3 aromatic rings. The molecule has 1 saturated heterocycles. The van der Waals surface area contributed by atoms with Crippen molar-refractivity contribution in [2.75, 3.05) is 10.6 Å². The molecule has 4 N–H and O–H groups in total. The number of rotatable bonds is 12. The summed E-state index contributed by atoms with van der Waals surface area (Å²) in [5.74, 6) is 1.18. The zero-order chi connectivity index (χ0) is 28.2. The third kappa shape index (κ3) is 5.54. The number of hydrogen-bond donors (Lipinski definition) is 3. The van der Waals surface area contributed by atoms with Crippen molar-refractivity contribution >= 4 is 35.9 Å². The third-order valence-corrected chi connectivity index (χ3v) is 7.52. The Morgan fingerprint density at radius 1 is 1.12 bits per heavy atom. The van der Waals surface area contributed by atoms with Gasteiger partial charge < -0.3 is 30.6 Å². The average molecular weight is 558 g/mol. The van der Waals surface area contributed by atoms with Gasteiger partial charge in [0.2, 0.25) is 11.8 Å². The molecule has 2 fully saturated rings. The standard InChI is InChI=1S/C24H35N11O5/c1-4-14(5-2)27-20-16-22(30-24(29-20)28-15-8-6-13(25)7-9-15)35(10-26-16)23-19(39-12-37)17(38-11-36)18(40-23)21-31-33-34(3)32-21/h10-15,17-19,23H,4-9,25H2,1-3H3,(H2,27,28,29,30)/t13?,15?,17-,18-,19+,23+/m0/s1. The maximum absolute atomic E-state index is 11.5. The fraction of sp³-hybridized carbons (Fsp3) is 0.667. The van der Waals surface area contributed by atoms with Crippen molar-refractivity contribution in [2.45, 2.75) is 95.0 Å². The minimum Gasteiger partial charge on any atom is -0.457 e. The van der Waals surface area contributed by atoms with E-state index in [2.05, 4.69) is 44.9 Å². The van der Waals surface area contributed by atoms with Crippen molar-refractivity contribution in [2.24, 2.45) is 12.8 Å². The van der Waals surface area contributed by atoms with Gasteiger partial charge in [0, 0.05) is 18.1 Å². The summed E-state index contributed by atoms with van der Waals surface area (Å²) in [5.41, 5.74) is 7.06. The smallest absolute Gasteiger partial charge is 0.293 e. The molecule has 216 valence electrons. The Labute approximate surface area is 230 Å². The highest BCUT2D eigenvalue weighted by atomic mass is 16.6. The van der Waals surface area contributed by atoms with Crippen LogP contribution in [0.4, 0.5) is 11.8 Å². The molecular formula is C24H35N11O5. The predicted octanol–water partition coefficient (Wildman–Crippen LogP) is 0.985. The quantitative estimate of drug-likeness (QED) is 0.266. The second-order valence-electron chi connectivity index (χ2n) is 10.1. The number of carbonyl (C=O) groups excluding carboxylic acids is 2. The minimum absolute atomic E-state index is 0.171. The molecule has 5 rings (SSSR count). The number of nitrogens with two attached hydrogens (primary N) is 1. The molecule has 3 aromatic heterocycles. The summed E-state index contributed by atoms with van der Waals surface area (Å²) >= 11 is 0. The Hall–Kier alpha value is -3.92. The van der Waals surface area contributed by atoms with Crippen LogP contribution in [0.3, 0.4) is 0 Å². The number of hydrogen-bond acceptors (Lipinski definition) is 14. The van der Waals surface area contributed by atoms with Gasteiger partial charge >= 0.3 is 0 Å². The van der Waals surface area contributed by atoms with Crippen molar-refractivity contribution in [3.8, 4) is 0 Å². The number of tetrazole rings is 1. The van der Waals surface area contributed by atoms with E-state index in [9.17, 15) is 9.59 Å². The molecule has 0 spiro atoms. The molecule has 0 aromatic carbocycles. The number of carbonyl (C=O) groups is 2. The Kier molecular flexibility index (Phi) is 8.35. The molecule has 16 nitrogen and oxygen atoms in total. The summed E-state index contributed by atoms with van der Waals surface area (Å²) < 4.78 is 18.6. The maximum Gasteiger partial charge on any atom is 0.293 e. The first-order valence-electron chi connectivity index (χ1n) is 13.6. The molecule has 4 atom stereocenters. The van der Waals surface area contributed by atoms with Crippen LogP contribution in [0.1, 0.15) is 70.5 Å². The summed E-state index contributed by atoms with van der Waals surface area (Å²) in [6, 6.07) is 0.568. The first kappa shape index (κ1) is 27.6. The van der Waals surface area contributed by atoms with E-state index in [4.69, 9.17) is 29.9 Å². The number of nitrogens with one attached hydrogen (secondary N) is 2. The normalized spacial score (nSPS) is 26.6. The Morgan fingerprint density at radius 2 is 1.85 bits per heavy atom. The molecule has 0 amide bonds. The van der Waals surface area contributed by atoms with E-state index in [1.807, 2.05) is 0 Å². The Morgan fingerprint density at radius 3 is 2.50 bits per heavy atom. The van der Waals surface area contributed by atoms with Crippen molar-refractivity contribution < 1.29 is 23.8 Å². The number of aryl methyl sites for hydroxylation is 1. The third-order valence-electron chi connectivity index (χ3n) is 7.52. The first-order chi connectivity index (χ1) is 19.4. The van der Waals surface area contributed by atoms with E-state index < -0.39 is 24.5 Å². The summed E-state index contributed by atoms with van der Waals surface area (Å²) in [4.78, 5) is 38.4. The van der Waals surface area contributed by atoms with Crippen LogP contribution in [0.25, 0.3) is 11.2 Å². The van der Waals surface area contributed by atoms with Crippen LogP contribution in [0.2, 0.25) is 0 Å². The van der Waals surface area contributed by atoms with E-state index >= 15 is 0 Å². The van der Waals surface area contributed by atoms with Gasteiger partial charge in [0.15, 0.2) is 41.5 Å². The van der Waals surface area contributed by atoms with Crippen molar-refractivity contribution in [3.63, 3.8) is 0 Å². The summed E-state index contributed by atoms with van der Waals surface area (Å²) in [6.45, 7) is 4.75. The van der Waals surface area contributed by atoms with Gasteiger partial charge in [0.1, 0.15) is 0 Å². The number of aromatic nitrogens is 8. The first-order valence-corrected chi connectivity index (χ1v) is 13.6. The number of anilines is 2. The lowest BCUT2D eigenvalue weighted by Crippen LogP contribution is -2.34. The molecule has 40 heavy (non-hydrogen) atoms. The van der Waals surface area contributed by atoms with Gasteiger partial charge in [-0.15, -0.1) is 10.2 Å². The van der Waals surface area contributed by atoms with Gasteiger partial charge in [-0.3, -0.25) is 14.2 Å².